The summed E-state index contributed by atoms with van der Waals surface area (Å²) >= 11 is 0. The third-order valence-electron chi connectivity index (χ3n) is 4.53. The quantitative estimate of drug-likeness (QED) is 0.682. The number of nitrogens with two attached hydrogens (primary N) is 1. The maximum absolute atomic E-state index is 14.2. The van der Waals surface area contributed by atoms with E-state index in [1.807, 2.05) is 0 Å². The third kappa shape index (κ3) is 1.04. The molecule has 1 amide bonds. The maximum atomic E-state index is 14.2. The van der Waals surface area contributed by atoms with E-state index in [0.717, 1.165) is 19.3 Å². The number of hydrogen-bond donors (Lipinski definition) is 1. The van der Waals surface area contributed by atoms with E-state index in [2.05, 4.69) is 0 Å². The molecule has 3 unspecified atom stereocenters. The SMILES string of the molecule is NC(=O)C1[C@@H]2CC3C[C@H]1CC(F)(C3)C2. The fourth-order valence-electron chi connectivity index (χ4n) is 4.39. The number of halogens is 1. The highest BCUT2D eigenvalue weighted by Crippen LogP contribution is 2.59. The Kier molecular flexibility index (Phi) is 1.55. The van der Waals surface area contributed by atoms with Crippen molar-refractivity contribution in [1.82, 2.24) is 0 Å². The topological polar surface area (TPSA) is 43.1 Å². The first-order valence-electron chi connectivity index (χ1n) is 5.56. The molecule has 4 bridgehead atoms. The predicted octanol–water partition coefficient (Wildman–Crippen LogP) is 1.64. The second kappa shape index (κ2) is 2.50. The molecule has 3 heteroatoms. The number of hydrogen-bond acceptors (Lipinski definition) is 1. The summed E-state index contributed by atoms with van der Waals surface area (Å²) in [6.45, 7) is 0. The van der Waals surface area contributed by atoms with Crippen LogP contribution < -0.4 is 5.73 Å². The normalized spacial score (nSPS) is 54.9. The molecule has 0 aliphatic heterocycles. The van der Waals surface area contributed by atoms with Crippen LogP contribution in [0, 0.1) is 23.7 Å². The van der Waals surface area contributed by atoms with Crippen LogP contribution in [0.3, 0.4) is 0 Å². The second-order valence-electron chi connectivity index (χ2n) is 5.55. The Morgan fingerprint density at radius 1 is 1.21 bits per heavy atom. The van der Waals surface area contributed by atoms with Crippen molar-refractivity contribution in [3.8, 4) is 0 Å². The summed E-state index contributed by atoms with van der Waals surface area (Å²) in [5.41, 5.74) is 4.46. The molecule has 0 radical (unpaired) electrons. The molecule has 2 N–H and O–H groups in total. The van der Waals surface area contributed by atoms with Crippen molar-refractivity contribution in [3.63, 3.8) is 0 Å². The Bertz CT molecular complexity index is 275. The van der Waals surface area contributed by atoms with Crippen LogP contribution in [-0.2, 0) is 4.79 Å². The summed E-state index contributed by atoms with van der Waals surface area (Å²) < 4.78 is 14.2. The molecule has 0 aromatic rings. The van der Waals surface area contributed by atoms with Crippen molar-refractivity contribution < 1.29 is 9.18 Å². The van der Waals surface area contributed by atoms with Crippen LogP contribution >= 0.6 is 0 Å². The van der Waals surface area contributed by atoms with Crippen molar-refractivity contribution in [2.75, 3.05) is 0 Å². The molecule has 78 valence electrons. The number of rotatable bonds is 1. The van der Waals surface area contributed by atoms with Crippen molar-refractivity contribution in [2.45, 2.75) is 37.8 Å². The van der Waals surface area contributed by atoms with E-state index in [1.165, 1.54) is 0 Å². The van der Waals surface area contributed by atoms with Gasteiger partial charge in [0.2, 0.25) is 5.91 Å². The van der Waals surface area contributed by atoms with Gasteiger partial charge in [0.25, 0.3) is 0 Å². The van der Waals surface area contributed by atoms with Gasteiger partial charge in [0.15, 0.2) is 0 Å². The highest BCUT2D eigenvalue weighted by Gasteiger charge is 2.57. The molecule has 5 atom stereocenters. The Balaban J connectivity index is 1.93. The van der Waals surface area contributed by atoms with Gasteiger partial charge in [-0.2, -0.15) is 0 Å². The lowest BCUT2D eigenvalue weighted by Gasteiger charge is -2.55. The number of alkyl halides is 1. The zero-order valence-corrected chi connectivity index (χ0v) is 8.21. The fraction of sp³-hybridized carbons (Fsp3) is 0.909. The van der Waals surface area contributed by atoms with Crippen LogP contribution in [0.15, 0.2) is 0 Å². The molecule has 0 aromatic heterocycles. The minimum atomic E-state index is -0.942. The molecule has 4 saturated carbocycles. The van der Waals surface area contributed by atoms with Gasteiger partial charge in [0.05, 0.1) is 0 Å². The molecule has 4 fully saturated rings. The van der Waals surface area contributed by atoms with Crippen molar-refractivity contribution in [3.05, 3.63) is 0 Å². The van der Waals surface area contributed by atoms with Gasteiger partial charge in [0, 0.05) is 5.92 Å². The van der Waals surface area contributed by atoms with Crippen LogP contribution in [0.4, 0.5) is 4.39 Å². The molecule has 2 nitrogen and oxygen atoms in total. The summed E-state index contributed by atoms with van der Waals surface area (Å²) in [5, 5.41) is 0. The first kappa shape index (κ1) is 8.69. The van der Waals surface area contributed by atoms with Gasteiger partial charge in [-0.25, -0.2) is 4.39 Å². The lowest BCUT2D eigenvalue weighted by molar-refractivity contribution is -0.145. The van der Waals surface area contributed by atoms with Crippen LogP contribution in [-0.4, -0.2) is 11.6 Å². The van der Waals surface area contributed by atoms with Gasteiger partial charge in [-0.3, -0.25) is 4.79 Å². The van der Waals surface area contributed by atoms with Crippen LogP contribution in [0.25, 0.3) is 0 Å². The average Bonchev–Trinajstić information content (AvgIpc) is 1.97. The molecule has 0 spiro atoms. The summed E-state index contributed by atoms with van der Waals surface area (Å²) in [6, 6.07) is 0. The first-order valence-corrected chi connectivity index (χ1v) is 5.56. The van der Waals surface area contributed by atoms with Gasteiger partial charge in [0.1, 0.15) is 5.67 Å². The first-order chi connectivity index (χ1) is 6.57. The smallest absolute Gasteiger partial charge is 0.221 e. The lowest BCUT2D eigenvalue weighted by Crippen LogP contribution is -2.55. The average molecular weight is 197 g/mol. The highest BCUT2D eigenvalue weighted by atomic mass is 19.1. The molecular formula is C11H16FNO. The minimum Gasteiger partial charge on any atom is -0.369 e. The van der Waals surface area contributed by atoms with Crippen molar-refractivity contribution >= 4 is 5.91 Å². The van der Waals surface area contributed by atoms with E-state index in [4.69, 9.17) is 5.73 Å². The van der Waals surface area contributed by atoms with E-state index in [9.17, 15) is 9.18 Å². The van der Waals surface area contributed by atoms with Gasteiger partial charge < -0.3 is 5.73 Å². The van der Waals surface area contributed by atoms with Crippen molar-refractivity contribution in [1.29, 1.82) is 0 Å². The van der Waals surface area contributed by atoms with Gasteiger partial charge in [-0.05, 0) is 49.9 Å². The summed E-state index contributed by atoms with van der Waals surface area (Å²) in [4.78, 5) is 11.3. The monoisotopic (exact) mass is 197 g/mol. The molecule has 0 aromatic carbocycles. The molecule has 4 aliphatic carbocycles. The zero-order chi connectivity index (χ0) is 9.92. The molecule has 4 rings (SSSR count). The lowest BCUT2D eigenvalue weighted by atomic mass is 9.50. The Hall–Kier alpha value is -0.600. The number of carbonyl (C=O) groups is 1. The Morgan fingerprint density at radius 2 is 1.79 bits per heavy atom. The van der Waals surface area contributed by atoms with Gasteiger partial charge >= 0.3 is 0 Å². The van der Waals surface area contributed by atoms with Crippen LogP contribution in [0.5, 0.6) is 0 Å². The largest absolute Gasteiger partial charge is 0.369 e. The number of amides is 1. The van der Waals surface area contributed by atoms with E-state index in [1.54, 1.807) is 0 Å². The summed E-state index contributed by atoms with van der Waals surface area (Å²) in [6.07, 6.45) is 4.00. The van der Waals surface area contributed by atoms with E-state index >= 15 is 0 Å². The standard InChI is InChI=1S/C11H16FNO/c12-11-3-6-1-7(4-11)9(10(13)14)8(2-6)5-11/h6-9H,1-5H2,(H2,13,14)/t6?,7-,8+,9?,11?. The Morgan fingerprint density at radius 3 is 2.21 bits per heavy atom. The second-order valence-corrected chi connectivity index (χ2v) is 5.55. The molecule has 0 heterocycles. The van der Waals surface area contributed by atoms with Crippen LogP contribution in [0.2, 0.25) is 0 Å². The van der Waals surface area contributed by atoms with Gasteiger partial charge in [-0.15, -0.1) is 0 Å². The summed E-state index contributed by atoms with van der Waals surface area (Å²) in [7, 11) is 0. The molecular weight excluding hydrogens is 181 g/mol. The van der Waals surface area contributed by atoms with Crippen molar-refractivity contribution in [2.24, 2.45) is 29.4 Å². The molecule has 14 heavy (non-hydrogen) atoms. The number of primary amides is 1. The molecule has 4 aliphatic rings. The fourth-order valence-corrected chi connectivity index (χ4v) is 4.39. The Labute approximate surface area is 83.0 Å². The van der Waals surface area contributed by atoms with E-state index in [-0.39, 0.29) is 23.7 Å². The predicted molar refractivity (Wildman–Crippen MR) is 50.1 cm³/mol. The summed E-state index contributed by atoms with van der Waals surface area (Å²) in [5.74, 6) is 0.832. The minimum absolute atomic E-state index is 0.0181. The van der Waals surface area contributed by atoms with Crippen LogP contribution in [0.1, 0.15) is 32.1 Å². The zero-order valence-electron chi connectivity index (χ0n) is 8.21. The molecule has 0 saturated heterocycles. The van der Waals surface area contributed by atoms with E-state index in [0.29, 0.717) is 18.8 Å². The number of carbonyl (C=O) groups excluding carboxylic acids is 1. The third-order valence-corrected chi connectivity index (χ3v) is 4.53. The van der Waals surface area contributed by atoms with E-state index < -0.39 is 5.67 Å². The highest BCUT2D eigenvalue weighted by molar-refractivity contribution is 5.77. The van der Waals surface area contributed by atoms with Gasteiger partial charge in [-0.1, -0.05) is 0 Å². The maximum Gasteiger partial charge on any atom is 0.221 e.